The zero-order valence-electron chi connectivity index (χ0n) is 13.5. The predicted octanol–water partition coefficient (Wildman–Crippen LogP) is 3.97. The van der Waals surface area contributed by atoms with Crippen molar-refractivity contribution in [2.45, 2.75) is 13.3 Å². The fourth-order valence-electron chi connectivity index (χ4n) is 2.13. The van der Waals surface area contributed by atoms with Gasteiger partial charge < -0.3 is 14.6 Å². The number of aromatic nitrogens is 2. The van der Waals surface area contributed by atoms with Gasteiger partial charge in [0.2, 0.25) is 11.7 Å². The molecule has 0 radical (unpaired) electrons. The van der Waals surface area contributed by atoms with Crippen molar-refractivity contribution in [3.8, 4) is 17.1 Å². The molecule has 6 nitrogen and oxygen atoms in total. The Labute approximate surface area is 149 Å². The smallest absolute Gasteiger partial charge is 0.262 e. The van der Waals surface area contributed by atoms with Crippen molar-refractivity contribution in [3.63, 3.8) is 0 Å². The van der Waals surface area contributed by atoms with E-state index in [0.29, 0.717) is 34.6 Å². The Morgan fingerprint density at radius 1 is 1.24 bits per heavy atom. The van der Waals surface area contributed by atoms with Crippen LogP contribution in [0.3, 0.4) is 0 Å². The minimum atomic E-state index is -0.269. The molecular weight excluding hydrogens is 342 g/mol. The van der Waals surface area contributed by atoms with Crippen molar-refractivity contribution in [1.82, 2.24) is 10.1 Å². The maximum atomic E-state index is 12.0. The standard InChI is InChI=1S/C18H16ClN3O3/c1-2-17-21-18(22-25-17)12-4-3-5-14(10-12)20-16(23)11-24-15-8-6-13(19)7-9-15/h3-10H,2,11H2,1H3,(H,20,23). The third kappa shape index (κ3) is 4.58. The van der Waals surface area contributed by atoms with E-state index in [-0.39, 0.29) is 12.5 Å². The maximum absolute atomic E-state index is 12.0. The van der Waals surface area contributed by atoms with Crippen LogP contribution < -0.4 is 10.1 Å². The number of carbonyl (C=O) groups excluding carboxylic acids is 1. The third-order valence-electron chi connectivity index (χ3n) is 3.36. The van der Waals surface area contributed by atoms with Gasteiger partial charge in [0.1, 0.15) is 5.75 Å². The Balaban J connectivity index is 1.61. The van der Waals surface area contributed by atoms with Crippen molar-refractivity contribution >= 4 is 23.2 Å². The SMILES string of the molecule is CCc1nc(-c2cccc(NC(=O)COc3ccc(Cl)cc3)c2)no1. The van der Waals surface area contributed by atoms with Gasteiger partial charge in [0.15, 0.2) is 6.61 Å². The molecule has 2 aromatic carbocycles. The third-order valence-corrected chi connectivity index (χ3v) is 3.61. The summed E-state index contributed by atoms with van der Waals surface area (Å²) in [4.78, 5) is 16.3. The van der Waals surface area contributed by atoms with E-state index in [0.717, 1.165) is 5.56 Å². The monoisotopic (exact) mass is 357 g/mol. The first-order chi connectivity index (χ1) is 12.1. The summed E-state index contributed by atoms with van der Waals surface area (Å²) < 4.78 is 10.5. The van der Waals surface area contributed by atoms with Gasteiger partial charge in [-0.05, 0) is 36.4 Å². The topological polar surface area (TPSA) is 77.2 Å². The predicted molar refractivity (Wildman–Crippen MR) is 94.7 cm³/mol. The summed E-state index contributed by atoms with van der Waals surface area (Å²) in [5.41, 5.74) is 1.39. The molecule has 0 aliphatic carbocycles. The second-order valence-electron chi connectivity index (χ2n) is 5.24. The fourth-order valence-corrected chi connectivity index (χ4v) is 2.25. The molecule has 1 amide bonds. The van der Waals surface area contributed by atoms with Gasteiger partial charge in [-0.25, -0.2) is 0 Å². The second-order valence-corrected chi connectivity index (χ2v) is 5.67. The summed E-state index contributed by atoms with van der Waals surface area (Å²) in [6.07, 6.45) is 0.672. The van der Waals surface area contributed by atoms with Crippen LogP contribution in [-0.2, 0) is 11.2 Å². The normalized spacial score (nSPS) is 10.5. The summed E-state index contributed by atoms with van der Waals surface area (Å²) in [6, 6.07) is 14.0. The number of anilines is 1. The van der Waals surface area contributed by atoms with Crippen molar-refractivity contribution in [3.05, 3.63) is 59.4 Å². The molecule has 0 spiro atoms. The number of halogens is 1. The molecular formula is C18H16ClN3O3. The van der Waals surface area contributed by atoms with Crippen molar-refractivity contribution < 1.29 is 14.1 Å². The van der Waals surface area contributed by atoms with Crippen LogP contribution >= 0.6 is 11.6 Å². The maximum Gasteiger partial charge on any atom is 0.262 e. The van der Waals surface area contributed by atoms with Crippen LogP contribution in [0.15, 0.2) is 53.1 Å². The van der Waals surface area contributed by atoms with E-state index in [4.69, 9.17) is 20.9 Å². The van der Waals surface area contributed by atoms with E-state index < -0.39 is 0 Å². The van der Waals surface area contributed by atoms with Crippen LogP contribution in [0.25, 0.3) is 11.4 Å². The van der Waals surface area contributed by atoms with Gasteiger partial charge in [-0.1, -0.05) is 35.8 Å². The molecule has 7 heteroatoms. The number of benzene rings is 2. The molecule has 128 valence electrons. The largest absolute Gasteiger partial charge is 0.484 e. The van der Waals surface area contributed by atoms with Gasteiger partial charge in [0.05, 0.1) is 0 Å². The first kappa shape index (κ1) is 17.0. The highest BCUT2D eigenvalue weighted by molar-refractivity contribution is 6.30. The summed E-state index contributed by atoms with van der Waals surface area (Å²) in [7, 11) is 0. The molecule has 0 saturated heterocycles. The molecule has 0 fully saturated rings. The molecule has 1 heterocycles. The zero-order valence-corrected chi connectivity index (χ0v) is 14.3. The molecule has 3 rings (SSSR count). The lowest BCUT2D eigenvalue weighted by molar-refractivity contribution is -0.118. The lowest BCUT2D eigenvalue weighted by Gasteiger charge is -2.08. The number of nitrogens with one attached hydrogen (secondary N) is 1. The van der Waals surface area contributed by atoms with Gasteiger partial charge in [-0.15, -0.1) is 0 Å². The zero-order chi connectivity index (χ0) is 17.6. The quantitative estimate of drug-likeness (QED) is 0.722. The van der Waals surface area contributed by atoms with Crippen LogP contribution in [0.2, 0.25) is 5.02 Å². The van der Waals surface area contributed by atoms with Crippen LogP contribution in [0.1, 0.15) is 12.8 Å². The summed E-state index contributed by atoms with van der Waals surface area (Å²) >= 11 is 5.81. The first-order valence-electron chi connectivity index (χ1n) is 7.75. The number of hydrogen-bond donors (Lipinski definition) is 1. The van der Waals surface area contributed by atoms with Crippen molar-refractivity contribution in [2.24, 2.45) is 0 Å². The summed E-state index contributed by atoms with van der Waals surface area (Å²) in [5.74, 6) is 1.37. The Hall–Kier alpha value is -2.86. The van der Waals surface area contributed by atoms with Gasteiger partial charge in [0.25, 0.3) is 5.91 Å². The Kier molecular flexibility index (Phi) is 5.30. The minimum Gasteiger partial charge on any atom is -0.484 e. The average molecular weight is 358 g/mol. The first-order valence-corrected chi connectivity index (χ1v) is 8.13. The number of hydrogen-bond acceptors (Lipinski definition) is 5. The van der Waals surface area contributed by atoms with E-state index in [1.807, 2.05) is 19.1 Å². The highest BCUT2D eigenvalue weighted by Gasteiger charge is 2.09. The van der Waals surface area contributed by atoms with Crippen LogP contribution in [0.5, 0.6) is 5.75 Å². The Morgan fingerprint density at radius 3 is 2.76 bits per heavy atom. The van der Waals surface area contributed by atoms with Crippen LogP contribution in [0, 0.1) is 0 Å². The molecule has 3 aromatic rings. The molecule has 25 heavy (non-hydrogen) atoms. The van der Waals surface area contributed by atoms with E-state index >= 15 is 0 Å². The van der Waals surface area contributed by atoms with E-state index in [9.17, 15) is 4.79 Å². The van der Waals surface area contributed by atoms with Crippen molar-refractivity contribution in [1.29, 1.82) is 0 Å². The minimum absolute atomic E-state index is 0.103. The van der Waals surface area contributed by atoms with E-state index in [2.05, 4.69) is 15.5 Å². The number of nitrogens with zero attached hydrogens (tertiary/aromatic N) is 2. The highest BCUT2D eigenvalue weighted by atomic mass is 35.5. The second kappa shape index (κ2) is 7.81. The molecule has 0 aliphatic heterocycles. The molecule has 1 N–H and O–H groups in total. The van der Waals surface area contributed by atoms with Crippen LogP contribution in [0.4, 0.5) is 5.69 Å². The molecule has 1 aromatic heterocycles. The molecule has 0 bridgehead atoms. The summed E-state index contributed by atoms with van der Waals surface area (Å²) in [5, 5.41) is 7.32. The van der Waals surface area contributed by atoms with Gasteiger partial charge in [-0.2, -0.15) is 4.98 Å². The lowest BCUT2D eigenvalue weighted by atomic mass is 10.2. The lowest BCUT2D eigenvalue weighted by Crippen LogP contribution is -2.20. The van der Waals surface area contributed by atoms with Gasteiger partial charge >= 0.3 is 0 Å². The Morgan fingerprint density at radius 2 is 2.04 bits per heavy atom. The van der Waals surface area contributed by atoms with Gasteiger partial charge in [0, 0.05) is 22.7 Å². The van der Waals surface area contributed by atoms with E-state index in [1.54, 1.807) is 36.4 Å². The molecule has 0 aliphatic rings. The van der Waals surface area contributed by atoms with Crippen LogP contribution in [-0.4, -0.2) is 22.7 Å². The average Bonchev–Trinajstić information content (AvgIpc) is 3.11. The fraction of sp³-hybridized carbons (Fsp3) is 0.167. The molecule has 0 saturated carbocycles. The molecule has 0 atom stereocenters. The number of rotatable bonds is 6. The van der Waals surface area contributed by atoms with E-state index in [1.165, 1.54) is 0 Å². The molecule has 0 unspecified atom stereocenters. The Bertz CT molecular complexity index is 862. The van der Waals surface area contributed by atoms with Crippen molar-refractivity contribution in [2.75, 3.05) is 11.9 Å². The highest BCUT2D eigenvalue weighted by Crippen LogP contribution is 2.20. The van der Waals surface area contributed by atoms with Gasteiger partial charge in [-0.3, -0.25) is 4.79 Å². The number of aryl methyl sites for hydroxylation is 1. The summed E-state index contributed by atoms with van der Waals surface area (Å²) in [6.45, 7) is 1.84. The number of amides is 1. The number of carbonyl (C=O) groups is 1. The number of ether oxygens (including phenoxy) is 1.